The Kier molecular flexibility index (Phi) is 6.46. The van der Waals surface area contributed by atoms with E-state index in [1.54, 1.807) is 6.92 Å². The number of ether oxygens (including phenoxy) is 1. The number of aliphatic carboxylic acids is 1. The topological polar surface area (TPSA) is 75.6 Å². The van der Waals surface area contributed by atoms with E-state index >= 15 is 0 Å². The molecule has 0 aliphatic heterocycles. The number of carboxylic acids is 1. The van der Waals surface area contributed by atoms with E-state index in [1.807, 2.05) is 30.3 Å². The lowest BCUT2D eigenvalue weighted by atomic mass is 10.0. The minimum absolute atomic E-state index is 0.0887. The fourth-order valence-electron chi connectivity index (χ4n) is 1.63. The Hall–Kier alpha value is -2.14. The second-order valence-corrected chi connectivity index (χ2v) is 4.36. The van der Waals surface area contributed by atoms with Crippen molar-refractivity contribution in [2.24, 2.45) is 0 Å². The number of carbonyl (C=O) groups excluding carboxylic acids is 1. The highest BCUT2D eigenvalue weighted by Gasteiger charge is 2.23. The van der Waals surface area contributed by atoms with Gasteiger partial charge in [0, 0.05) is 0 Å². The minimum atomic E-state index is -1.12. The Morgan fingerprint density at radius 2 is 2.05 bits per heavy atom. The molecule has 108 valence electrons. The summed E-state index contributed by atoms with van der Waals surface area (Å²) in [6.45, 7) is 5.36. The van der Waals surface area contributed by atoms with Crippen molar-refractivity contribution in [2.45, 2.75) is 18.9 Å². The highest BCUT2D eigenvalue weighted by Crippen LogP contribution is 2.14. The van der Waals surface area contributed by atoms with Crippen LogP contribution in [-0.2, 0) is 14.3 Å². The first kappa shape index (κ1) is 15.9. The molecule has 1 amide bonds. The molecule has 0 bridgehead atoms. The quantitative estimate of drug-likeness (QED) is 0.558. The van der Waals surface area contributed by atoms with Gasteiger partial charge in [-0.3, -0.25) is 4.79 Å². The molecule has 0 heterocycles. The van der Waals surface area contributed by atoms with Gasteiger partial charge in [-0.2, -0.15) is 0 Å². The highest BCUT2D eigenvalue weighted by atomic mass is 16.5. The molecule has 1 unspecified atom stereocenters. The third kappa shape index (κ3) is 4.85. The summed E-state index contributed by atoms with van der Waals surface area (Å²) in [7, 11) is 0. The zero-order chi connectivity index (χ0) is 15.0. The van der Waals surface area contributed by atoms with E-state index in [0.717, 1.165) is 5.56 Å². The number of hydrogen-bond acceptors (Lipinski definition) is 3. The van der Waals surface area contributed by atoms with Gasteiger partial charge in [-0.05, 0) is 12.5 Å². The SMILES string of the molecule is C=CCOCC(NC(=O)[C@H](C)c1ccccc1)C(=O)O. The van der Waals surface area contributed by atoms with Gasteiger partial charge in [-0.25, -0.2) is 4.79 Å². The van der Waals surface area contributed by atoms with Crippen molar-refractivity contribution in [3.8, 4) is 0 Å². The number of amides is 1. The number of rotatable bonds is 8. The average Bonchev–Trinajstić information content (AvgIpc) is 2.46. The van der Waals surface area contributed by atoms with Gasteiger partial charge < -0.3 is 15.2 Å². The highest BCUT2D eigenvalue weighted by molar-refractivity contribution is 5.87. The van der Waals surface area contributed by atoms with Gasteiger partial charge in [0.1, 0.15) is 0 Å². The van der Waals surface area contributed by atoms with Crippen molar-refractivity contribution in [1.29, 1.82) is 0 Å². The molecule has 0 aromatic heterocycles. The van der Waals surface area contributed by atoms with Crippen LogP contribution in [0, 0.1) is 0 Å². The van der Waals surface area contributed by atoms with E-state index in [2.05, 4.69) is 11.9 Å². The van der Waals surface area contributed by atoms with Gasteiger partial charge in [0.15, 0.2) is 6.04 Å². The van der Waals surface area contributed by atoms with Crippen LogP contribution in [-0.4, -0.2) is 36.2 Å². The summed E-state index contributed by atoms with van der Waals surface area (Å²) in [5.41, 5.74) is 0.834. The van der Waals surface area contributed by atoms with E-state index < -0.39 is 17.9 Å². The summed E-state index contributed by atoms with van der Waals surface area (Å²) in [5.74, 6) is -1.88. The van der Waals surface area contributed by atoms with Crippen molar-refractivity contribution in [1.82, 2.24) is 5.32 Å². The number of nitrogens with one attached hydrogen (secondary N) is 1. The third-order valence-electron chi connectivity index (χ3n) is 2.83. The molecule has 2 N–H and O–H groups in total. The summed E-state index contributed by atoms with van der Waals surface area (Å²) in [6, 6.07) is 8.12. The Balaban J connectivity index is 2.61. The molecule has 0 fully saturated rings. The second kappa shape index (κ2) is 8.12. The van der Waals surface area contributed by atoms with E-state index in [4.69, 9.17) is 9.84 Å². The number of carbonyl (C=O) groups is 2. The predicted octanol–water partition coefficient (Wildman–Crippen LogP) is 1.56. The Morgan fingerprint density at radius 1 is 1.40 bits per heavy atom. The largest absolute Gasteiger partial charge is 0.480 e. The number of benzene rings is 1. The predicted molar refractivity (Wildman–Crippen MR) is 75.4 cm³/mol. The first-order valence-corrected chi connectivity index (χ1v) is 6.33. The van der Waals surface area contributed by atoms with Gasteiger partial charge in [0.25, 0.3) is 0 Å². The van der Waals surface area contributed by atoms with E-state index in [1.165, 1.54) is 6.08 Å². The number of carboxylic acid groups (broad SMARTS) is 1. The van der Waals surface area contributed by atoms with E-state index in [-0.39, 0.29) is 19.1 Å². The molecule has 5 nitrogen and oxygen atoms in total. The fourth-order valence-corrected chi connectivity index (χ4v) is 1.63. The van der Waals surface area contributed by atoms with Gasteiger partial charge >= 0.3 is 5.97 Å². The van der Waals surface area contributed by atoms with Crippen LogP contribution in [0.1, 0.15) is 18.4 Å². The second-order valence-electron chi connectivity index (χ2n) is 4.36. The normalized spacial score (nSPS) is 13.2. The molecule has 1 aromatic carbocycles. The smallest absolute Gasteiger partial charge is 0.328 e. The molecule has 0 radical (unpaired) electrons. The maximum atomic E-state index is 12.0. The minimum Gasteiger partial charge on any atom is -0.480 e. The van der Waals surface area contributed by atoms with E-state index in [9.17, 15) is 9.59 Å². The molecule has 1 rings (SSSR count). The Labute approximate surface area is 118 Å². The van der Waals surface area contributed by atoms with Crippen LogP contribution < -0.4 is 5.32 Å². The molecular weight excluding hydrogens is 258 g/mol. The Bertz CT molecular complexity index is 458. The van der Waals surface area contributed by atoms with Crippen LogP contribution >= 0.6 is 0 Å². The van der Waals surface area contributed by atoms with Crippen molar-refractivity contribution >= 4 is 11.9 Å². The molecule has 1 aromatic rings. The van der Waals surface area contributed by atoms with Crippen molar-refractivity contribution in [3.05, 3.63) is 48.6 Å². The molecule has 2 atom stereocenters. The third-order valence-corrected chi connectivity index (χ3v) is 2.83. The van der Waals surface area contributed by atoms with Gasteiger partial charge in [-0.1, -0.05) is 36.4 Å². The average molecular weight is 277 g/mol. The van der Waals surface area contributed by atoms with Gasteiger partial charge in [0.2, 0.25) is 5.91 Å². The first-order valence-electron chi connectivity index (χ1n) is 6.33. The Morgan fingerprint density at radius 3 is 2.60 bits per heavy atom. The summed E-state index contributed by atoms with van der Waals surface area (Å²) < 4.78 is 5.08. The van der Waals surface area contributed by atoms with Crippen LogP contribution in [0.4, 0.5) is 0 Å². The molecule has 0 aliphatic carbocycles. The first-order chi connectivity index (χ1) is 9.56. The summed E-state index contributed by atoms with van der Waals surface area (Å²) in [5, 5.41) is 11.5. The lowest BCUT2D eigenvalue weighted by Crippen LogP contribution is -2.45. The summed E-state index contributed by atoms with van der Waals surface area (Å²) >= 11 is 0. The van der Waals surface area contributed by atoms with E-state index in [0.29, 0.717) is 0 Å². The maximum Gasteiger partial charge on any atom is 0.328 e. The van der Waals surface area contributed by atoms with Crippen LogP contribution in [0.5, 0.6) is 0 Å². The number of hydrogen-bond donors (Lipinski definition) is 2. The van der Waals surface area contributed by atoms with Crippen molar-refractivity contribution < 1.29 is 19.4 Å². The monoisotopic (exact) mass is 277 g/mol. The van der Waals surface area contributed by atoms with Crippen molar-refractivity contribution in [3.63, 3.8) is 0 Å². The summed E-state index contributed by atoms with van der Waals surface area (Å²) in [4.78, 5) is 23.1. The molecule has 5 heteroatoms. The van der Waals surface area contributed by atoms with Crippen LogP contribution in [0.2, 0.25) is 0 Å². The van der Waals surface area contributed by atoms with Gasteiger partial charge in [0.05, 0.1) is 19.1 Å². The lowest BCUT2D eigenvalue weighted by Gasteiger charge is -2.18. The van der Waals surface area contributed by atoms with Crippen LogP contribution in [0.25, 0.3) is 0 Å². The maximum absolute atomic E-state index is 12.0. The molecule has 20 heavy (non-hydrogen) atoms. The molecule has 0 spiro atoms. The molecule has 0 saturated carbocycles. The van der Waals surface area contributed by atoms with Crippen LogP contribution in [0.15, 0.2) is 43.0 Å². The van der Waals surface area contributed by atoms with Crippen LogP contribution in [0.3, 0.4) is 0 Å². The zero-order valence-corrected chi connectivity index (χ0v) is 11.4. The van der Waals surface area contributed by atoms with Crippen molar-refractivity contribution in [2.75, 3.05) is 13.2 Å². The van der Waals surface area contributed by atoms with Gasteiger partial charge in [-0.15, -0.1) is 6.58 Å². The standard InChI is InChI=1S/C15H19NO4/c1-3-9-20-10-13(15(18)19)16-14(17)11(2)12-7-5-4-6-8-12/h3-8,11,13H,1,9-10H2,2H3,(H,16,17)(H,18,19)/t11-,13?/m1/s1. The lowest BCUT2D eigenvalue weighted by molar-refractivity contribution is -0.143. The molecule has 0 aliphatic rings. The molecular formula is C15H19NO4. The fraction of sp³-hybridized carbons (Fsp3) is 0.333. The molecule has 0 saturated heterocycles. The zero-order valence-electron chi connectivity index (χ0n) is 11.4. The summed E-state index contributed by atoms with van der Waals surface area (Å²) in [6.07, 6.45) is 1.52.